The maximum absolute atomic E-state index is 11.7. The SMILES string of the molecule is COC1CCN(c2ccccc2S(C)=O)CC1. The number of rotatable bonds is 3. The van der Waals surface area contributed by atoms with Crippen molar-refractivity contribution in [2.75, 3.05) is 31.4 Å². The van der Waals surface area contributed by atoms with Gasteiger partial charge in [-0.05, 0) is 25.0 Å². The highest BCUT2D eigenvalue weighted by atomic mass is 32.2. The molecule has 1 heterocycles. The highest BCUT2D eigenvalue weighted by molar-refractivity contribution is 7.84. The fraction of sp³-hybridized carbons (Fsp3) is 0.538. The molecule has 1 saturated heterocycles. The predicted octanol–water partition coefficient (Wildman–Crippen LogP) is 2.04. The Morgan fingerprint density at radius 3 is 2.53 bits per heavy atom. The van der Waals surface area contributed by atoms with Gasteiger partial charge < -0.3 is 9.64 Å². The lowest BCUT2D eigenvalue weighted by Crippen LogP contribution is -2.37. The van der Waals surface area contributed by atoms with Gasteiger partial charge in [0.1, 0.15) is 0 Å². The highest BCUT2D eigenvalue weighted by Gasteiger charge is 2.21. The first-order valence-electron chi connectivity index (χ1n) is 5.92. The number of ether oxygens (including phenoxy) is 1. The minimum atomic E-state index is -0.926. The number of benzene rings is 1. The standard InChI is InChI=1S/C13H19NO2S/c1-16-11-7-9-14(10-8-11)12-5-3-4-6-13(12)17(2)15/h3-6,11H,7-10H2,1-2H3. The summed E-state index contributed by atoms with van der Waals surface area (Å²) in [6, 6.07) is 7.97. The Labute approximate surface area is 105 Å². The van der Waals surface area contributed by atoms with Gasteiger partial charge in [0.15, 0.2) is 0 Å². The number of anilines is 1. The van der Waals surface area contributed by atoms with E-state index in [9.17, 15) is 4.21 Å². The average molecular weight is 253 g/mol. The van der Waals surface area contributed by atoms with E-state index >= 15 is 0 Å². The number of para-hydroxylation sites is 1. The van der Waals surface area contributed by atoms with Crippen LogP contribution in [0.5, 0.6) is 0 Å². The number of hydrogen-bond donors (Lipinski definition) is 0. The Balaban J connectivity index is 2.15. The molecule has 0 amide bonds. The van der Waals surface area contributed by atoms with E-state index in [2.05, 4.69) is 11.0 Å². The van der Waals surface area contributed by atoms with E-state index in [1.807, 2.05) is 18.2 Å². The predicted molar refractivity (Wildman–Crippen MR) is 71.0 cm³/mol. The molecule has 0 spiro atoms. The van der Waals surface area contributed by atoms with Crippen LogP contribution < -0.4 is 4.90 Å². The lowest BCUT2D eigenvalue weighted by molar-refractivity contribution is 0.0818. The van der Waals surface area contributed by atoms with Crippen LogP contribution in [0.1, 0.15) is 12.8 Å². The zero-order valence-electron chi connectivity index (χ0n) is 10.4. The van der Waals surface area contributed by atoms with Crippen molar-refractivity contribution >= 4 is 16.5 Å². The average Bonchev–Trinajstić information content (AvgIpc) is 2.39. The van der Waals surface area contributed by atoms with Crippen molar-refractivity contribution in [2.45, 2.75) is 23.8 Å². The molecule has 1 atom stereocenters. The smallest absolute Gasteiger partial charge is 0.0618 e. The van der Waals surface area contributed by atoms with E-state index in [1.54, 1.807) is 13.4 Å². The van der Waals surface area contributed by atoms with Gasteiger partial charge >= 0.3 is 0 Å². The quantitative estimate of drug-likeness (QED) is 0.825. The van der Waals surface area contributed by atoms with E-state index in [4.69, 9.17) is 4.74 Å². The van der Waals surface area contributed by atoms with Crippen LogP contribution in [-0.4, -0.2) is 36.8 Å². The van der Waals surface area contributed by atoms with Crippen LogP contribution in [0.3, 0.4) is 0 Å². The van der Waals surface area contributed by atoms with Crippen molar-refractivity contribution in [3.05, 3.63) is 24.3 Å². The summed E-state index contributed by atoms with van der Waals surface area (Å²) in [5.41, 5.74) is 1.11. The zero-order chi connectivity index (χ0) is 12.3. The fourth-order valence-electron chi connectivity index (χ4n) is 2.29. The molecule has 1 aliphatic rings. The number of hydrogen-bond acceptors (Lipinski definition) is 3. The normalized spacial score (nSPS) is 19.3. The molecule has 4 heteroatoms. The van der Waals surface area contributed by atoms with Gasteiger partial charge in [-0.2, -0.15) is 0 Å². The third-order valence-electron chi connectivity index (χ3n) is 3.29. The molecule has 2 rings (SSSR count). The summed E-state index contributed by atoms with van der Waals surface area (Å²) in [7, 11) is 0.848. The first-order chi connectivity index (χ1) is 8.22. The molecule has 0 bridgehead atoms. The second-order valence-electron chi connectivity index (χ2n) is 4.34. The molecule has 0 radical (unpaired) electrons. The van der Waals surface area contributed by atoms with E-state index < -0.39 is 10.8 Å². The second kappa shape index (κ2) is 5.65. The van der Waals surface area contributed by atoms with Gasteiger partial charge in [0, 0.05) is 26.5 Å². The van der Waals surface area contributed by atoms with Crippen LogP contribution in [-0.2, 0) is 15.5 Å². The molecule has 1 aromatic rings. The molecule has 0 saturated carbocycles. The lowest BCUT2D eigenvalue weighted by Gasteiger charge is -2.33. The summed E-state index contributed by atoms with van der Waals surface area (Å²) >= 11 is 0. The van der Waals surface area contributed by atoms with Crippen LogP contribution in [0.4, 0.5) is 5.69 Å². The highest BCUT2D eigenvalue weighted by Crippen LogP contribution is 2.26. The first-order valence-corrected chi connectivity index (χ1v) is 7.48. The molecule has 1 fully saturated rings. The van der Waals surface area contributed by atoms with Crippen molar-refractivity contribution in [3.63, 3.8) is 0 Å². The third kappa shape index (κ3) is 2.87. The van der Waals surface area contributed by atoms with Gasteiger partial charge in [-0.1, -0.05) is 12.1 Å². The topological polar surface area (TPSA) is 29.5 Å². The number of nitrogens with zero attached hydrogens (tertiary/aromatic N) is 1. The van der Waals surface area contributed by atoms with Crippen LogP contribution in [0.2, 0.25) is 0 Å². The molecule has 1 unspecified atom stereocenters. The Hall–Kier alpha value is -0.870. The van der Waals surface area contributed by atoms with Crippen LogP contribution in [0.15, 0.2) is 29.2 Å². The fourth-order valence-corrected chi connectivity index (χ4v) is 3.06. The van der Waals surface area contributed by atoms with Crippen LogP contribution in [0, 0.1) is 0 Å². The summed E-state index contributed by atoms with van der Waals surface area (Å²) in [4.78, 5) is 3.25. The summed E-state index contributed by atoms with van der Waals surface area (Å²) < 4.78 is 17.1. The van der Waals surface area contributed by atoms with E-state index in [0.29, 0.717) is 6.10 Å². The van der Waals surface area contributed by atoms with E-state index in [1.165, 1.54) is 0 Å². The number of methoxy groups -OCH3 is 1. The zero-order valence-corrected chi connectivity index (χ0v) is 11.2. The van der Waals surface area contributed by atoms with E-state index in [-0.39, 0.29) is 0 Å². The molecule has 0 aliphatic carbocycles. The second-order valence-corrected chi connectivity index (χ2v) is 5.69. The van der Waals surface area contributed by atoms with Gasteiger partial charge in [-0.25, -0.2) is 0 Å². The molecule has 1 aliphatic heterocycles. The van der Waals surface area contributed by atoms with Gasteiger partial charge in [0.05, 0.1) is 27.5 Å². The molecule has 3 nitrogen and oxygen atoms in total. The molecule has 0 aromatic heterocycles. The van der Waals surface area contributed by atoms with Gasteiger partial charge in [-0.15, -0.1) is 0 Å². The number of piperidine rings is 1. The van der Waals surface area contributed by atoms with Gasteiger partial charge in [0.25, 0.3) is 0 Å². The largest absolute Gasteiger partial charge is 0.381 e. The first kappa shape index (κ1) is 12.6. The Morgan fingerprint density at radius 1 is 1.29 bits per heavy atom. The summed E-state index contributed by atoms with van der Waals surface area (Å²) in [5, 5.41) is 0. The molecular formula is C13H19NO2S. The van der Waals surface area contributed by atoms with E-state index in [0.717, 1.165) is 36.5 Å². The molecule has 94 valence electrons. The van der Waals surface area contributed by atoms with Crippen molar-refractivity contribution in [3.8, 4) is 0 Å². The Bertz CT molecular complexity index is 400. The molecule has 1 aromatic carbocycles. The van der Waals surface area contributed by atoms with Crippen molar-refractivity contribution < 1.29 is 8.95 Å². The minimum Gasteiger partial charge on any atom is -0.381 e. The summed E-state index contributed by atoms with van der Waals surface area (Å²) in [5.74, 6) is 0. The van der Waals surface area contributed by atoms with Crippen molar-refractivity contribution in [1.29, 1.82) is 0 Å². The molecular weight excluding hydrogens is 234 g/mol. The van der Waals surface area contributed by atoms with Crippen LogP contribution in [0.25, 0.3) is 0 Å². The summed E-state index contributed by atoms with van der Waals surface area (Å²) in [6.07, 6.45) is 4.20. The maximum atomic E-state index is 11.7. The van der Waals surface area contributed by atoms with Gasteiger partial charge in [-0.3, -0.25) is 4.21 Å². The molecule has 17 heavy (non-hydrogen) atoms. The Kier molecular flexibility index (Phi) is 4.18. The molecule has 0 N–H and O–H groups in total. The maximum Gasteiger partial charge on any atom is 0.0618 e. The third-order valence-corrected chi connectivity index (χ3v) is 4.26. The lowest BCUT2D eigenvalue weighted by atomic mass is 10.1. The van der Waals surface area contributed by atoms with Crippen LogP contribution >= 0.6 is 0 Å². The minimum absolute atomic E-state index is 0.380. The van der Waals surface area contributed by atoms with Crippen molar-refractivity contribution in [2.24, 2.45) is 0 Å². The van der Waals surface area contributed by atoms with Gasteiger partial charge in [0.2, 0.25) is 0 Å². The summed E-state index contributed by atoms with van der Waals surface area (Å²) in [6.45, 7) is 1.96. The monoisotopic (exact) mass is 253 g/mol. The Morgan fingerprint density at radius 2 is 1.94 bits per heavy atom. The van der Waals surface area contributed by atoms with Crippen molar-refractivity contribution in [1.82, 2.24) is 0 Å².